The fourth-order valence-corrected chi connectivity index (χ4v) is 3.25. The van der Waals surface area contributed by atoms with Gasteiger partial charge < -0.3 is 15.6 Å². The third-order valence-corrected chi connectivity index (χ3v) is 4.51. The third kappa shape index (κ3) is 2.24. The molecule has 5 nitrogen and oxygen atoms in total. The first-order valence-electron chi connectivity index (χ1n) is 7.81. The summed E-state index contributed by atoms with van der Waals surface area (Å²) in [5.41, 5.74) is 9.76. The van der Waals surface area contributed by atoms with Gasteiger partial charge in [-0.15, -0.1) is 0 Å². The van der Waals surface area contributed by atoms with Gasteiger partial charge in [0.05, 0.1) is 11.8 Å². The van der Waals surface area contributed by atoms with Crippen molar-refractivity contribution < 1.29 is 9.84 Å². The van der Waals surface area contributed by atoms with Crippen molar-refractivity contribution >= 4 is 11.5 Å². The monoisotopic (exact) mass is 309 g/mol. The smallest absolute Gasteiger partial charge is 0.181 e. The number of anilines is 1. The second-order valence-electron chi connectivity index (χ2n) is 5.99. The molecule has 3 aromatic rings. The van der Waals surface area contributed by atoms with Crippen LogP contribution in [0.4, 0.5) is 5.82 Å². The molecule has 23 heavy (non-hydrogen) atoms. The number of nitrogens with zero attached hydrogens (tertiary/aromatic N) is 2. The number of hydrogen-bond acceptors (Lipinski definition) is 4. The first-order chi connectivity index (χ1) is 11.1. The molecule has 0 amide bonds. The Morgan fingerprint density at radius 2 is 2.09 bits per heavy atom. The minimum absolute atomic E-state index is 0.385. The van der Waals surface area contributed by atoms with E-state index < -0.39 is 6.10 Å². The number of hydrogen-bond donors (Lipinski definition) is 2. The van der Waals surface area contributed by atoms with E-state index in [1.165, 1.54) is 5.56 Å². The quantitative estimate of drug-likeness (QED) is 0.763. The van der Waals surface area contributed by atoms with Crippen LogP contribution >= 0.6 is 0 Å². The van der Waals surface area contributed by atoms with Gasteiger partial charge in [-0.25, -0.2) is 4.98 Å². The van der Waals surface area contributed by atoms with Crippen LogP contribution < -0.4 is 10.5 Å². The van der Waals surface area contributed by atoms with Crippen LogP contribution in [0.1, 0.15) is 29.3 Å². The number of aromatic nitrogens is 2. The maximum Gasteiger partial charge on any atom is 0.181 e. The minimum atomic E-state index is -0.529. The molecule has 0 bridgehead atoms. The van der Waals surface area contributed by atoms with E-state index in [1.54, 1.807) is 0 Å². The number of aliphatic hydroxyl groups is 1. The van der Waals surface area contributed by atoms with Crippen molar-refractivity contribution in [3.8, 4) is 5.75 Å². The van der Waals surface area contributed by atoms with E-state index in [1.807, 2.05) is 47.9 Å². The predicted molar refractivity (Wildman–Crippen MR) is 88.5 cm³/mol. The zero-order valence-corrected chi connectivity index (χ0v) is 12.9. The summed E-state index contributed by atoms with van der Waals surface area (Å²) in [6, 6.07) is 11.9. The number of nitrogens with two attached hydrogens (primary N) is 1. The van der Waals surface area contributed by atoms with E-state index in [0.717, 1.165) is 17.7 Å². The number of rotatable bonds is 2. The Hall–Kier alpha value is -2.53. The number of benzene rings is 1. The van der Waals surface area contributed by atoms with Crippen molar-refractivity contribution in [1.29, 1.82) is 0 Å². The van der Waals surface area contributed by atoms with Crippen LogP contribution in [-0.2, 0) is 6.42 Å². The van der Waals surface area contributed by atoms with Gasteiger partial charge in [0.1, 0.15) is 11.9 Å². The van der Waals surface area contributed by atoms with Gasteiger partial charge in [0.25, 0.3) is 0 Å². The average molecular weight is 309 g/mol. The maximum atomic E-state index is 10.4. The molecule has 2 heterocycles. The van der Waals surface area contributed by atoms with Gasteiger partial charge in [-0.3, -0.25) is 4.40 Å². The lowest BCUT2D eigenvalue weighted by Crippen LogP contribution is -2.29. The molecule has 0 saturated carbocycles. The van der Waals surface area contributed by atoms with E-state index in [4.69, 9.17) is 10.5 Å². The van der Waals surface area contributed by atoms with Gasteiger partial charge in [-0.1, -0.05) is 24.3 Å². The Kier molecular flexibility index (Phi) is 3.23. The summed E-state index contributed by atoms with van der Waals surface area (Å²) in [5.74, 6) is 1.24. The zero-order chi connectivity index (χ0) is 16.0. The van der Waals surface area contributed by atoms with Crippen LogP contribution in [0.3, 0.4) is 0 Å². The molecular weight excluding hydrogens is 290 g/mol. The molecule has 0 fully saturated rings. The highest BCUT2D eigenvalue weighted by molar-refractivity contribution is 5.61. The van der Waals surface area contributed by atoms with Crippen molar-refractivity contribution in [2.45, 2.75) is 32.0 Å². The molecule has 0 aliphatic heterocycles. The van der Waals surface area contributed by atoms with Gasteiger partial charge in [-0.05, 0) is 43.0 Å². The van der Waals surface area contributed by atoms with Crippen LogP contribution in [0.5, 0.6) is 5.75 Å². The fraction of sp³-hybridized carbons (Fsp3) is 0.278. The largest absolute Gasteiger partial charge is 0.479 e. The molecule has 0 saturated heterocycles. The van der Waals surface area contributed by atoms with Gasteiger partial charge in [0.15, 0.2) is 11.4 Å². The lowest BCUT2D eigenvalue weighted by molar-refractivity contribution is 0.0234. The number of aliphatic hydroxyl groups excluding tert-OH is 1. The molecule has 4 rings (SSSR count). The SMILES string of the molecule is Cc1nc2c(O[C@@H]3c4ccccc4CC[C@H]3O)cccn2c1N. The Labute approximate surface area is 134 Å². The van der Waals surface area contributed by atoms with Gasteiger partial charge in [0.2, 0.25) is 0 Å². The molecular formula is C18H19N3O2. The van der Waals surface area contributed by atoms with Gasteiger partial charge in [0, 0.05) is 6.20 Å². The predicted octanol–water partition coefficient (Wildman–Crippen LogP) is 2.65. The molecule has 1 aromatic carbocycles. The topological polar surface area (TPSA) is 72.8 Å². The summed E-state index contributed by atoms with van der Waals surface area (Å²) in [4.78, 5) is 4.49. The van der Waals surface area contributed by atoms with Crippen molar-refractivity contribution in [1.82, 2.24) is 9.38 Å². The summed E-state index contributed by atoms with van der Waals surface area (Å²) < 4.78 is 8.00. The number of nitrogen functional groups attached to an aromatic ring is 1. The Balaban J connectivity index is 1.78. The fourth-order valence-electron chi connectivity index (χ4n) is 3.25. The summed E-state index contributed by atoms with van der Waals surface area (Å²) in [6.45, 7) is 1.87. The maximum absolute atomic E-state index is 10.4. The minimum Gasteiger partial charge on any atom is -0.479 e. The highest BCUT2D eigenvalue weighted by Crippen LogP contribution is 2.35. The molecule has 3 N–H and O–H groups in total. The van der Waals surface area contributed by atoms with Crippen molar-refractivity contribution in [3.05, 3.63) is 59.4 Å². The molecule has 0 spiro atoms. The van der Waals surface area contributed by atoms with E-state index in [0.29, 0.717) is 23.6 Å². The number of aryl methyl sites for hydroxylation is 2. The molecule has 118 valence electrons. The average Bonchev–Trinajstić information content (AvgIpc) is 2.86. The molecule has 0 radical (unpaired) electrons. The van der Waals surface area contributed by atoms with E-state index in [2.05, 4.69) is 11.1 Å². The van der Waals surface area contributed by atoms with Gasteiger partial charge >= 0.3 is 0 Å². The number of pyridine rings is 1. The summed E-state index contributed by atoms with van der Waals surface area (Å²) in [5, 5.41) is 10.4. The molecule has 2 aromatic heterocycles. The lowest BCUT2D eigenvalue weighted by atomic mass is 9.87. The summed E-state index contributed by atoms with van der Waals surface area (Å²) >= 11 is 0. The Bertz CT molecular complexity index is 872. The van der Waals surface area contributed by atoms with Crippen LogP contribution in [0.15, 0.2) is 42.6 Å². The molecule has 1 aliphatic carbocycles. The van der Waals surface area contributed by atoms with E-state index >= 15 is 0 Å². The molecule has 1 aliphatic rings. The standard InChI is InChI=1S/C18H19N3O2/c1-11-17(19)21-10-4-7-15(18(21)20-11)23-16-13-6-3-2-5-12(13)8-9-14(16)22/h2-7,10,14,16,22H,8-9,19H2,1H3/t14-,16-/m1/s1. The Morgan fingerprint density at radius 3 is 2.96 bits per heavy atom. The van der Waals surface area contributed by atoms with E-state index in [9.17, 15) is 5.11 Å². The van der Waals surface area contributed by atoms with Gasteiger partial charge in [-0.2, -0.15) is 0 Å². The molecule has 2 atom stereocenters. The first-order valence-corrected chi connectivity index (χ1v) is 7.81. The van der Waals surface area contributed by atoms with Crippen LogP contribution in [-0.4, -0.2) is 20.6 Å². The molecule has 5 heteroatoms. The number of ether oxygens (including phenoxy) is 1. The summed E-state index contributed by atoms with van der Waals surface area (Å²) in [6.07, 6.45) is 2.52. The van der Waals surface area contributed by atoms with Crippen LogP contribution in [0, 0.1) is 6.92 Å². The molecule has 0 unspecified atom stereocenters. The van der Waals surface area contributed by atoms with Crippen molar-refractivity contribution in [3.63, 3.8) is 0 Å². The first kappa shape index (κ1) is 14.1. The Morgan fingerprint density at radius 1 is 1.26 bits per heavy atom. The summed E-state index contributed by atoms with van der Waals surface area (Å²) in [7, 11) is 0. The van der Waals surface area contributed by atoms with Crippen molar-refractivity contribution in [2.75, 3.05) is 5.73 Å². The normalized spacial score (nSPS) is 20.4. The van der Waals surface area contributed by atoms with Crippen molar-refractivity contribution in [2.24, 2.45) is 0 Å². The lowest BCUT2D eigenvalue weighted by Gasteiger charge is -2.30. The zero-order valence-electron chi connectivity index (χ0n) is 12.9. The number of fused-ring (bicyclic) bond motifs is 2. The third-order valence-electron chi connectivity index (χ3n) is 4.51. The number of imidazole rings is 1. The van der Waals surface area contributed by atoms with Crippen LogP contribution in [0.25, 0.3) is 5.65 Å². The second kappa shape index (κ2) is 5.28. The van der Waals surface area contributed by atoms with E-state index in [-0.39, 0.29) is 6.10 Å². The second-order valence-corrected chi connectivity index (χ2v) is 5.99. The highest BCUT2D eigenvalue weighted by Gasteiger charge is 2.30. The van der Waals surface area contributed by atoms with Crippen LogP contribution in [0.2, 0.25) is 0 Å². The highest BCUT2D eigenvalue weighted by atomic mass is 16.5.